The molecule has 0 aromatic heterocycles. The van der Waals surface area contributed by atoms with Crippen LogP contribution in [0.1, 0.15) is 6.92 Å². The van der Waals surface area contributed by atoms with Crippen molar-refractivity contribution in [2.75, 3.05) is 11.7 Å². The third-order valence-corrected chi connectivity index (χ3v) is 3.08. The van der Waals surface area contributed by atoms with Crippen LogP contribution >= 0.6 is 23.5 Å². The highest BCUT2D eigenvalue weighted by Crippen LogP contribution is 2.18. The fraction of sp³-hybridized carbons (Fsp3) is 0.273. The molecule has 84 valence electrons. The topological polar surface area (TPSA) is 45.4 Å². The molecule has 1 aromatic rings. The van der Waals surface area contributed by atoms with Gasteiger partial charge in [0.05, 0.1) is 17.4 Å². The maximum Gasteiger partial charge on any atom is 0.251 e. The van der Waals surface area contributed by atoms with Crippen molar-refractivity contribution in [2.24, 2.45) is 4.99 Å². The maximum atomic E-state index is 8.42. The summed E-state index contributed by atoms with van der Waals surface area (Å²) in [7, 11) is 0. The predicted molar refractivity (Wildman–Crippen MR) is 70.8 cm³/mol. The predicted octanol–water partition coefficient (Wildman–Crippen LogP) is 3.62. The van der Waals surface area contributed by atoms with Crippen LogP contribution in [0.25, 0.3) is 0 Å². The summed E-state index contributed by atoms with van der Waals surface area (Å²) < 4.78 is 5.38. The van der Waals surface area contributed by atoms with Crippen molar-refractivity contribution in [3.8, 4) is 5.40 Å². The average molecular weight is 252 g/mol. The first-order chi connectivity index (χ1) is 7.86. The molecule has 0 atom stereocenters. The molecule has 0 unspecified atom stereocenters. The Morgan fingerprint density at radius 1 is 1.44 bits per heavy atom. The number of rotatable bonds is 4. The minimum atomic E-state index is 0.579. The Balaban J connectivity index is 2.62. The van der Waals surface area contributed by atoms with E-state index in [9.17, 15) is 0 Å². The lowest BCUT2D eigenvalue weighted by atomic mass is 10.3. The van der Waals surface area contributed by atoms with E-state index in [1.807, 2.05) is 42.7 Å². The molecule has 0 fully saturated rings. The van der Waals surface area contributed by atoms with Crippen LogP contribution in [0, 0.1) is 10.7 Å². The first-order valence-electron chi connectivity index (χ1n) is 4.77. The van der Waals surface area contributed by atoms with Crippen LogP contribution in [-0.2, 0) is 4.74 Å². The van der Waals surface area contributed by atoms with E-state index in [-0.39, 0.29) is 0 Å². The quantitative estimate of drug-likeness (QED) is 0.270. The van der Waals surface area contributed by atoms with Crippen molar-refractivity contribution in [3.63, 3.8) is 0 Å². The first kappa shape index (κ1) is 12.9. The smallest absolute Gasteiger partial charge is 0.251 e. The summed E-state index contributed by atoms with van der Waals surface area (Å²) in [6, 6.07) is 9.63. The van der Waals surface area contributed by atoms with Gasteiger partial charge in [-0.2, -0.15) is 5.26 Å². The summed E-state index contributed by atoms with van der Waals surface area (Å²) in [5.41, 5.74) is 0.861. The molecule has 0 aliphatic rings. The highest BCUT2D eigenvalue weighted by molar-refractivity contribution is 8.25. The first-order valence-corrected chi connectivity index (χ1v) is 6.74. The lowest BCUT2D eigenvalue weighted by Crippen LogP contribution is -1.99. The minimum absolute atomic E-state index is 0.579. The molecular formula is C11H12N2OS2. The number of ether oxygens (including phenoxy) is 1. The molecule has 0 bridgehead atoms. The lowest BCUT2D eigenvalue weighted by Gasteiger charge is -2.04. The SMILES string of the molecule is CCO/C(=N\c1ccccc1)SCSC#N. The van der Waals surface area contributed by atoms with Crippen molar-refractivity contribution < 1.29 is 4.74 Å². The molecule has 0 saturated heterocycles. The average Bonchev–Trinajstić information content (AvgIpc) is 2.31. The van der Waals surface area contributed by atoms with E-state index in [1.165, 1.54) is 23.5 Å². The maximum absolute atomic E-state index is 8.42. The Morgan fingerprint density at radius 2 is 2.19 bits per heavy atom. The molecule has 1 rings (SSSR count). The van der Waals surface area contributed by atoms with Crippen molar-refractivity contribution in [2.45, 2.75) is 6.92 Å². The van der Waals surface area contributed by atoms with Gasteiger partial charge in [0.1, 0.15) is 5.40 Å². The number of hydrogen-bond acceptors (Lipinski definition) is 5. The number of nitriles is 1. The normalized spacial score (nSPS) is 10.9. The lowest BCUT2D eigenvalue weighted by molar-refractivity contribution is 0.338. The second kappa shape index (κ2) is 8.08. The number of aliphatic imine (C=N–C) groups is 1. The number of thioether (sulfide) groups is 2. The van der Waals surface area contributed by atoms with Gasteiger partial charge in [-0.25, -0.2) is 4.99 Å². The Bertz CT molecular complexity index is 373. The van der Waals surface area contributed by atoms with Gasteiger partial charge in [-0.1, -0.05) is 30.0 Å². The number of para-hydroxylation sites is 1. The van der Waals surface area contributed by atoms with Crippen LogP contribution in [0.3, 0.4) is 0 Å². The Morgan fingerprint density at radius 3 is 2.81 bits per heavy atom. The van der Waals surface area contributed by atoms with Crippen LogP contribution < -0.4 is 0 Å². The summed E-state index contributed by atoms with van der Waals surface area (Å²) in [5, 5.41) is 11.7. The van der Waals surface area contributed by atoms with E-state index in [1.54, 1.807) is 0 Å². The summed E-state index contributed by atoms with van der Waals surface area (Å²) in [6.07, 6.45) is 0. The summed E-state index contributed by atoms with van der Waals surface area (Å²) in [4.78, 5) is 4.35. The van der Waals surface area contributed by atoms with Crippen molar-refractivity contribution in [1.82, 2.24) is 0 Å². The Kier molecular flexibility index (Phi) is 6.54. The Labute approximate surface area is 104 Å². The standard InChI is InChI=1S/C11H12N2OS2/c1-2-14-11(16-9-15-8-12)13-10-6-4-3-5-7-10/h3-7H,2,9H2,1H3/b13-11+. The highest BCUT2D eigenvalue weighted by Gasteiger charge is 2.01. The molecule has 0 spiro atoms. The van der Waals surface area contributed by atoms with Crippen molar-refractivity contribution in [1.29, 1.82) is 5.26 Å². The molecule has 0 radical (unpaired) electrons. The molecule has 0 aliphatic heterocycles. The molecule has 1 aromatic carbocycles. The Hall–Kier alpha value is -1.12. The van der Waals surface area contributed by atoms with Gasteiger partial charge >= 0.3 is 0 Å². The van der Waals surface area contributed by atoms with E-state index >= 15 is 0 Å². The second-order valence-electron chi connectivity index (χ2n) is 2.64. The number of benzene rings is 1. The molecule has 0 saturated carbocycles. The van der Waals surface area contributed by atoms with Gasteiger partial charge < -0.3 is 4.74 Å². The largest absolute Gasteiger partial charge is 0.473 e. The molecule has 0 aliphatic carbocycles. The third-order valence-electron chi connectivity index (χ3n) is 1.55. The van der Waals surface area contributed by atoms with Crippen molar-refractivity contribution in [3.05, 3.63) is 30.3 Å². The number of nitrogens with zero attached hydrogens (tertiary/aromatic N) is 2. The monoisotopic (exact) mass is 252 g/mol. The van der Waals surface area contributed by atoms with E-state index in [4.69, 9.17) is 10.00 Å². The molecule has 0 amide bonds. The van der Waals surface area contributed by atoms with Gasteiger partial charge in [-0.3, -0.25) is 0 Å². The van der Waals surface area contributed by atoms with Crippen LogP contribution in [0.5, 0.6) is 0 Å². The molecule has 3 nitrogen and oxygen atoms in total. The van der Waals surface area contributed by atoms with E-state index in [0.717, 1.165) is 5.69 Å². The van der Waals surface area contributed by atoms with Gasteiger partial charge in [-0.15, -0.1) is 0 Å². The summed E-state index contributed by atoms with van der Waals surface area (Å²) in [6.45, 7) is 2.49. The van der Waals surface area contributed by atoms with Gasteiger partial charge in [0.15, 0.2) is 0 Å². The molecule has 5 heteroatoms. The zero-order valence-electron chi connectivity index (χ0n) is 8.92. The van der Waals surface area contributed by atoms with E-state index in [0.29, 0.717) is 16.9 Å². The van der Waals surface area contributed by atoms with E-state index < -0.39 is 0 Å². The summed E-state index contributed by atoms with van der Waals surface area (Å²) >= 11 is 2.61. The van der Waals surface area contributed by atoms with Gasteiger partial charge in [0.25, 0.3) is 5.23 Å². The number of hydrogen-bond donors (Lipinski definition) is 0. The van der Waals surface area contributed by atoms with E-state index in [2.05, 4.69) is 4.99 Å². The van der Waals surface area contributed by atoms with Crippen LogP contribution in [0.4, 0.5) is 5.69 Å². The molecule has 0 heterocycles. The molecular weight excluding hydrogens is 240 g/mol. The molecule has 16 heavy (non-hydrogen) atoms. The van der Waals surface area contributed by atoms with Gasteiger partial charge in [0, 0.05) is 0 Å². The highest BCUT2D eigenvalue weighted by atomic mass is 32.2. The van der Waals surface area contributed by atoms with Crippen LogP contribution in [-0.4, -0.2) is 16.9 Å². The van der Waals surface area contributed by atoms with Crippen LogP contribution in [0.2, 0.25) is 0 Å². The summed E-state index contributed by atoms with van der Waals surface area (Å²) in [5.74, 6) is 0. The fourth-order valence-corrected chi connectivity index (χ4v) is 2.16. The number of thiocyanates is 1. The molecule has 0 N–H and O–H groups in total. The second-order valence-corrected chi connectivity index (χ2v) is 4.70. The van der Waals surface area contributed by atoms with Crippen LogP contribution in [0.15, 0.2) is 35.3 Å². The van der Waals surface area contributed by atoms with Crippen molar-refractivity contribution >= 4 is 34.4 Å². The van der Waals surface area contributed by atoms with Gasteiger partial charge in [0.2, 0.25) is 0 Å². The zero-order chi connectivity index (χ0) is 11.6. The minimum Gasteiger partial charge on any atom is -0.473 e. The fourth-order valence-electron chi connectivity index (χ4n) is 0.944. The van der Waals surface area contributed by atoms with Gasteiger partial charge in [-0.05, 0) is 30.8 Å². The zero-order valence-corrected chi connectivity index (χ0v) is 10.6. The third kappa shape index (κ3) is 5.10.